The Morgan fingerprint density at radius 3 is 2.72 bits per heavy atom. The predicted molar refractivity (Wildman–Crippen MR) is 116 cm³/mol. The number of nitrogens with one attached hydrogen (secondary N) is 1. The summed E-state index contributed by atoms with van der Waals surface area (Å²) in [5.41, 5.74) is 1.73. The third kappa shape index (κ3) is 3.36. The van der Waals surface area contributed by atoms with Crippen LogP contribution in [0, 0.1) is 17.8 Å². The maximum atomic E-state index is 13.4. The lowest BCUT2D eigenvalue weighted by Gasteiger charge is -2.39. The Labute approximate surface area is 188 Å². The van der Waals surface area contributed by atoms with Crippen LogP contribution in [0.25, 0.3) is 0 Å². The SMILES string of the molecule is COC(=O)[C@@H](NC(=O)[C@H]1C2CC(=O)N3CCCc4cc(OC)ccc4C23C[C@@H]1C)[C@H](C)O. The third-order valence-electron chi connectivity index (χ3n) is 7.62. The summed E-state index contributed by atoms with van der Waals surface area (Å²) in [6.45, 7) is 4.13. The van der Waals surface area contributed by atoms with E-state index in [0.717, 1.165) is 29.7 Å². The molecule has 32 heavy (non-hydrogen) atoms. The molecule has 1 aromatic rings. The normalized spacial score (nSPS) is 30.5. The molecular weight excluding hydrogens is 412 g/mol. The van der Waals surface area contributed by atoms with Crippen LogP contribution in [-0.4, -0.2) is 60.7 Å². The molecule has 2 aliphatic heterocycles. The van der Waals surface area contributed by atoms with Crippen LogP contribution in [0.15, 0.2) is 18.2 Å². The fourth-order valence-electron chi connectivity index (χ4n) is 6.32. The van der Waals surface area contributed by atoms with Crippen molar-refractivity contribution in [2.24, 2.45) is 17.8 Å². The first-order chi connectivity index (χ1) is 15.2. The van der Waals surface area contributed by atoms with Crippen molar-refractivity contribution in [3.8, 4) is 5.75 Å². The first-order valence-electron chi connectivity index (χ1n) is 11.3. The van der Waals surface area contributed by atoms with Crippen LogP contribution in [0.3, 0.4) is 0 Å². The van der Waals surface area contributed by atoms with Gasteiger partial charge in [-0.05, 0) is 55.4 Å². The van der Waals surface area contributed by atoms with Crippen molar-refractivity contribution < 1.29 is 29.0 Å². The summed E-state index contributed by atoms with van der Waals surface area (Å²) in [5.74, 6) is -0.813. The van der Waals surface area contributed by atoms with E-state index in [-0.39, 0.29) is 23.7 Å². The van der Waals surface area contributed by atoms with Gasteiger partial charge >= 0.3 is 5.97 Å². The van der Waals surface area contributed by atoms with Crippen molar-refractivity contribution in [3.63, 3.8) is 0 Å². The number of aliphatic hydroxyl groups excluding tert-OH is 1. The number of methoxy groups -OCH3 is 2. The van der Waals surface area contributed by atoms with Gasteiger partial charge in [-0.25, -0.2) is 4.79 Å². The minimum absolute atomic E-state index is 0.00375. The Kier molecular flexibility index (Phi) is 5.92. The van der Waals surface area contributed by atoms with E-state index in [0.29, 0.717) is 19.4 Å². The Morgan fingerprint density at radius 2 is 2.06 bits per heavy atom. The summed E-state index contributed by atoms with van der Waals surface area (Å²) in [5, 5.41) is 12.7. The molecule has 0 aromatic heterocycles. The molecule has 0 radical (unpaired) electrons. The Bertz CT molecular complexity index is 931. The fraction of sp³-hybridized carbons (Fsp3) is 0.625. The van der Waals surface area contributed by atoms with Gasteiger partial charge in [-0.15, -0.1) is 0 Å². The van der Waals surface area contributed by atoms with Crippen LogP contribution in [0.2, 0.25) is 0 Å². The summed E-state index contributed by atoms with van der Waals surface area (Å²) < 4.78 is 10.2. The van der Waals surface area contributed by atoms with Gasteiger partial charge in [0, 0.05) is 24.8 Å². The van der Waals surface area contributed by atoms with Crippen molar-refractivity contribution in [2.45, 2.75) is 57.2 Å². The number of nitrogens with zero attached hydrogens (tertiary/aromatic N) is 1. The number of carbonyl (C=O) groups excluding carboxylic acids is 3. The lowest BCUT2D eigenvalue weighted by molar-refractivity contribution is -0.149. The van der Waals surface area contributed by atoms with E-state index in [2.05, 4.69) is 11.4 Å². The number of esters is 1. The number of hydrogen-bond donors (Lipinski definition) is 2. The highest BCUT2D eigenvalue weighted by Crippen LogP contribution is 2.60. The highest BCUT2D eigenvalue weighted by atomic mass is 16.5. The van der Waals surface area contributed by atoms with Crippen LogP contribution in [-0.2, 0) is 31.1 Å². The summed E-state index contributed by atoms with van der Waals surface area (Å²) in [6, 6.07) is 4.88. The van der Waals surface area contributed by atoms with E-state index in [1.807, 2.05) is 24.0 Å². The molecule has 8 heteroatoms. The third-order valence-corrected chi connectivity index (χ3v) is 7.62. The maximum Gasteiger partial charge on any atom is 0.331 e. The van der Waals surface area contributed by atoms with Crippen LogP contribution >= 0.6 is 0 Å². The average molecular weight is 445 g/mol. The van der Waals surface area contributed by atoms with Gasteiger partial charge in [-0.3, -0.25) is 9.59 Å². The Balaban J connectivity index is 1.73. The molecule has 2 unspecified atom stereocenters. The van der Waals surface area contributed by atoms with E-state index >= 15 is 0 Å². The van der Waals surface area contributed by atoms with Crippen molar-refractivity contribution in [2.75, 3.05) is 20.8 Å². The average Bonchev–Trinajstić information content (AvgIpc) is 3.12. The van der Waals surface area contributed by atoms with Gasteiger partial charge in [0.25, 0.3) is 0 Å². The molecule has 1 spiro atoms. The van der Waals surface area contributed by atoms with Gasteiger partial charge in [0.2, 0.25) is 11.8 Å². The highest BCUT2D eigenvalue weighted by molar-refractivity contribution is 5.89. The first-order valence-corrected chi connectivity index (χ1v) is 11.3. The number of rotatable bonds is 5. The lowest BCUT2D eigenvalue weighted by Crippen LogP contribution is -2.51. The number of aryl methyl sites for hydroxylation is 1. The van der Waals surface area contributed by atoms with Crippen molar-refractivity contribution in [1.82, 2.24) is 10.2 Å². The largest absolute Gasteiger partial charge is 0.497 e. The smallest absolute Gasteiger partial charge is 0.331 e. The number of benzene rings is 1. The van der Waals surface area contributed by atoms with Crippen LogP contribution < -0.4 is 10.1 Å². The van der Waals surface area contributed by atoms with E-state index in [1.165, 1.54) is 14.0 Å². The second-order valence-corrected chi connectivity index (χ2v) is 9.36. The summed E-state index contributed by atoms with van der Waals surface area (Å²) in [4.78, 5) is 40.6. The standard InChI is InChI=1S/C24H32N2O6/c1-13-12-24-17-8-7-16(31-3)10-15(17)6-5-9-26(24)19(28)11-18(24)20(13)22(29)25-21(14(2)27)23(30)32-4/h7-8,10,13-14,18,20-21,27H,5-6,9,11-12H2,1-4H3,(H,25,29)/t13-,14-,18?,20+,21-,24?/m0/s1. The molecule has 2 fully saturated rings. The van der Waals surface area contributed by atoms with Crippen molar-refractivity contribution in [1.29, 1.82) is 0 Å². The topological polar surface area (TPSA) is 105 Å². The molecular formula is C24H32N2O6. The molecule has 2 amide bonds. The van der Waals surface area contributed by atoms with Gasteiger partial charge in [0.15, 0.2) is 6.04 Å². The predicted octanol–water partition coefficient (Wildman–Crippen LogP) is 1.38. The molecule has 2 N–H and O–H groups in total. The number of fused-ring (bicyclic) bond motifs is 1. The molecule has 1 aromatic carbocycles. The Morgan fingerprint density at radius 1 is 1.31 bits per heavy atom. The molecule has 8 nitrogen and oxygen atoms in total. The molecule has 0 bridgehead atoms. The summed E-state index contributed by atoms with van der Waals surface area (Å²) in [7, 11) is 2.87. The summed E-state index contributed by atoms with van der Waals surface area (Å²) in [6.07, 6.45) is 1.59. The second-order valence-electron chi connectivity index (χ2n) is 9.36. The van der Waals surface area contributed by atoms with Gasteiger partial charge < -0.3 is 24.8 Å². The van der Waals surface area contributed by atoms with Gasteiger partial charge in [0.1, 0.15) is 5.75 Å². The maximum absolute atomic E-state index is 13.4. The molecule has 3 aliphatic rings. The zero-order valence-electron chi connectivity index (χ0n) is 19.1. The van der Waals surface area contributed by atoms with Gasteiger partial charge in [0.05, 0.1) is 25.9 Å². The van der Waals surface area contributed by atoms with Crippen LogP contribution in [0.1, 0.15) is 44.2 Å². The highest BCUT2D eigenvalue weighted by Gasteiger charge is 2.64. The molecule has 4 rings (SSSR count). The summed E-state index contributed by atoms with van der Waals surface area (Å²) >= 11 is 0. The number of aliphatic hydroxyl groups is 1. The molecule has 174 valence electrons. The zero-order chi connectivity index (χ0) is 23.2. The minimum Gasteiger partial charge on any atom is -0.497 e. The van der Waals surface area contributed by atoms with E-state index in [1.54, 1.807) is 7.11 Å². The number of amides is 2. The van der Waals surface area contributed by atoms with E-state index in [4.69, 9.17) is 9.47 Å². The van der Waals surface area contributed by atoms with Crippen molar-refractivity contribution >= 4 is 17.8 Å². The molecule has 1 saturated carbocycles. The quantitative estimate of drug-likeness (QED) is 0.665. The molecule has 1 aliphatic carbocycles. The molecule has 1 saturated heterocycles. The molecule has 2 heterocycles. The number of hydrogen-bond acceptors (Lipinski definition) is 6. The van der Waals surface area contributed by atoms with E-state index in [9.17, 15) is 19.5 Å². The Hall–Kier alpha value is -2.61. The molecule has 6 atom stereocenters. The first kappa shape index (κ1) is 22.6. The lowest BCUT2D eigenvalue weighted by atomic mass is 9.76. The minimum atomic E-state index is -1.14. The number of ether oxygens (including phenoxy) is 2. The zero-order valence-corrected chi connectivity index (χ0v) is 19.1. The van der Waals surface area contributed by atoms with Crippen LogP contribution in [0.4, 0.5) is 0 Å². The monoisotopic (exact) mass is 444 g/mol. The van der Waals surface area contributed by atoms with Crippen LogP contribution in [0.5, 0.6) is 5.75 Å². The fourth-order valence-corrected chi connectivity index (χ4v) is 6.32. The second kappa shape index (κ2) is 8.39. The van der Waals surface area contributed by atoms with Crippen molar-refractivity contribution in [3.05, 3.63) is 29.3 Å². The van der Waals surface area contributed by atoms with Gasteiger partial charge in [-0.1, -0.05) is 13.0 Å². The number of carbonyl (C=O) groups is 3. The van der Waals surface area contributed by atoms with E-state index < -0.39 is 29.6 Å². The van der Waals surface area contributed by atoms with Gasteiger partial charge in [-0.2, -0.15) is 0 Å².